The molecule has 1 rings (SSSR count). The van der Waals surface area contributed by atoms with Gasteiger partial charge in [0, 0.05) is 13.3 Å². The van der Waals surface area contributed by atoms with Crippen molar-refractivity contribution in [3.8, 4) is 0 Å². The molecule has 1 aromatic carbocycles. The molecule has 0 aromatic heterocycles. The summed E-state index contributed by atoms with van der Waals surface area (Å²) in [5.41, 5.74) is 0.662. The highest BCUT2D eigenvalue weighted by Gasteiger charge is 2.25. The summed E-state index contributed by atoms with van der Waals surface area (Å²) in [7, 11) is 0. The van der Waals surface area contributed by atoms with Crippen molar-refractivity contribution in [1.29, 1.82) is 0 Å². The number of carbonyl (C=O) groups excluding carboxylic acids is 2. The molecule has 0 fully saturated rings. The average molecular weight is 366 g/mol. The number of amides is 2. The molecule has 26 heavy (non-hydrogen) atoms. The smallest absolute Gasteiger partial charge is 0.326 e. The van der Waals surface area contributed by atoms with Crippen molar-refractivity contribution in [2.45, 2.75) is 64.5 Å². The van der Waals surface area contributed by atoms with E-state index in [1.54, 1.807) is 0 Å². The Morgan fingerprint density at radius 2 is 1.69 bits per heavy atom. The highest BCUT2D eigenvalue weighted by molar-refractivity contribution is 5.90. The number of halogens is 1. The third-order valence-corrected chi connectivity index (χ3v) is 4.01. The number of hydrogen-bond donors (Lipinski definition) is 3. The summed E-state index contributed by atoms with van der Waals surface area (Å²) in [4.78, 5) is 35.3. The summed E-state index contributed by atoms with van der Waals surface area (Å²) in [6.07, 6.45) is 4.14. The zero-order valence-corrected chi connectivity index (χ0v) is 15.3. The second-order valence-corrected chi connectivity index (χ2v) is 6.33. The molecule has 144 valence electrons. The van der Waals surface area contributed by atoms with Crippen LogP contribution in [0, 0.1) is 5.82 Å². The van der Waals surface area contributed by atoms with Gasteiger partial charge in [-0.3, -0.25) is 9.59 Å². The molecule has 0 unspecified atom stereocenters. The van der Waals surface area contributed by atoms with Gasteiger partial charge in [-0.1, -0.05) is 44.7 Å². The van der Waals surface area contributed by atoms with E-state index in [0.717, 1.165) is 19.3 Å². The van der Waals surface area contributed by atoms with Gasteiger partial charge >= 0.3 is 5.97 Å². The number of rotatable bonds is 11. The number of benzene rings is 1. The lowest BCUT2D eigenvalue weighted by atomic mass is 10.0. The first-order valence-corrected chi connectivity index (χ1v) is 8.88. The van der Waals surface area contributed by atoms with Crippen LogP contribution in [0.15, 0.2) is 24.3 Å². The van der Waals surface area contributed by atoms with Crippen molar-refractivity contribution in [3.05, 3.63) is 35.6 Å². The van der Waals surface area contributed by atoms with E-state index in [0.29, 0.717) is 18.4 Å². The molecule has 0 saturated carbocycles. The fourth-order valence-corrected chi connectivity index (χ4v) is 2.62. The lowest BCUT2D eigenvalue weighted by Crippen LogP contribution is -2.52. The van der Waals surface area contributed by atoms with Crippen LogP contribution < -0.4 is 10.6 Å². The van der Waals surface area contributed by atoms with Crippen molar-refractivity contribution < 1.29 is 23.9 Å². The van der Waals surface area contributed by atoms with E-state index in [2.05, 4.69) is 17.6 Å². The monoisotopic (exact) mass is 366 g/mol. The summed E-state index contributed by atoms with van der Waals surface area (Å²) >= 11 is 0. The fourth-order valence-electron chi connectivity index (χ4n) is 2.62. The minimum absolute atomic E-state index is 0.147. The molecule has 0 aliphatic rings. The van der Waals surface area contributed by atoms with E-state index in [9.17, 15) is 23.9 Å². The van der Waals surface area contributed by atoms with Crippen molar-refractivity contribution in [2.24, 2.45) is 0 Å². The fraction of sp³-hybridized carbons (Fsp3) is 0.526. The Bertz CT molecular complexity index is 604. The minimum atomic E-state index is -1.10. The quantitative estimate of drug-likeness (QED) is 0.524. The molecule has 0 spiro atoms. The van der Waals surface area contributed by atoms with Gasteiger partial charge in [0.1, 0.15) is 17.9 Å². The number of aliphatic carboxylic acids is 1. The van der Waals surface area contributed by atoms with E-state index in [-0.39, 0.29) is 6.42 Å². The van der Waals surface area contributed by atoms with Crippen LogP contribution in [0.4, 0.5) is 4.39 Å². The van der Waals surface area contributed by atoms with Gasteiger partial charge in [0.15, 0.2) is 0 Å². The second-order valence-electron chi connectivity index (χ2n) is 6.33. The van der Waals surface area contributed by atoms with Crippen LogP contribution in [0.1, 0.15) is 51.5 Å². The molecule has 0 heterocycles. The first-order valence-electron chi connectivity index (χ1n) is 8.88. The normalized spacial score (nSPS) is 12.9. The summed E-state index contributed by atoms with van der Waals surface area (Å²) in [5.74, 6) is -2.46. The first-order chi connectivity index (χ1) is 12.3. The summed E-state index contributed by atoms with van der Waals surface area (Å²) in [6.45, 7) is 3.34. The minimum Gasteiger partial charge on any atom is -0.480 e. The van der Waals surface area contributed by atoms with Crippen molar-refractivity contribution in [3.63, 3.8) is 0 Å². The first kappa shape index (κ1) is 21.6. The number of unbranched alkanes of at least 4 members (excludes halogenated alkanes) is 3. The topological polar surface area (TPSA) is 95.5 Å². The summed E-state index contributed by atoms with van der Waals surface area (Å²) in [6, 6.07) is 3.67. The Hall–Kier alpha value is -2.44. The van der Waals surface area contributed by atoms with Crippen LogP contribution in [0.25, 0.3) is 0 Å². The van der Waals surface area contributed by atoms with Gasteiger partial charge in [0.05, 0.1) is 0 Å². The van der Waals surface area contributed by atoms with E-state index in [1.165, 1.54) is 31.2 Å². The van der Waals surface area contributed by atoms with Crippen molar-refractivity contribution in [2.75, 3.05) is 0 Å². The maximum Gasteiger partial charge on any atom is 0.326 e. The van der Waals surface area contributed by atoms with Crippen LogP contribution in [-0.4, -0.2) is 35.0 Å². The number of carboxylic acids is 1. The van der Waals surface area contributed by atoms with Crippen molar-refractivity contribution >= 4 is 17.8 Å². The van der Waals surface area contributed by atoms with Gasteiger partial charge in [-0.2, -0.15) is 0 Å². The van der Waals surface area contributed by atoms with Crippen LogP contribution in [0.3, 0.4) is 0 Å². The molecular formula is C19H27FN2O4. The molecular weight excluding hydrogens is 339 g/mol. The molecule has 2 atom stereocenters. The molecule has 7 heteroatoms. The predicted octanol–water partition coefficient (Wildman–Crippen LogP) is 2.41. The molecule has 0 saturated heterocycles. The molecule has 3 N–H and O–H groups in total. The largest absolute Gasteiger partial charge is 0.480 e. The van der Waals surface area contributed by atoms with Crippen LogP contribution in [0.5, 0.6) is 0 Å². The highest BCUT2D eigenvalue weighted by Crippen LogP contribution is 2.09. The lowest BCUT2D eigenvalue weighted by molar-refractivity contribution is -0.142. The Morgan fingerprint density at radius 3 is 2.23 bits per heavy atom. The summed E-state index contributed by atoms with van der Waals surface area (Å²) in [5, 5.41) is 14.3. The molecule has 0 aliphatic carbocycles. The maximum atomic E-state index is 13.0. The zero-order chi connectivity index (χ0) is 19.5. The molecule has 0 bridgehead atoms. The van der Waals surface area contributed by atoms with Crippen LogP contribution in [0.2, 0.25) is 0 Å². The number of nitrogens with one attached hydrogen (secondary N) is 2. The molecule has 1 aromatic rings. The Labute approximate surface area is 153 Å². The van der Waals surface area contributed by atoms with E-state index in [1.807, 2.05) is 0 Å². The Morgan fingerprint density at radius 1 is 1.04 bits per heavy atom. The Kier molecular flexibility index (Phi) is 9.33. The zero-order valence-electron chi connectivity index (χ0n) is 15.3. The van der Waals surface area contributed by atoms with Gasteiger partial charge < -0.3 is 15.7 Å². The van der Waals surface area contributed by atoms with Gasteiger partial charge in [-0.05, 0) is 24.1 Å². The predicted molar refractivity (Wildman–Crippen MR) is 96.0 cm³/mol. The second kappa shape index (κ2) is 11.2. The number of carbonyl (C=O) groups is 3. The SMILES string of the molecule is CCCCCC[C@@H](NC(=O)[C@H](Cc1ccc(F)cc1)NC(C)=O)C(=O)O. The molecule has 2 amide bonds. The standard InChI is InChI=1S/C19H27FN2O4/c1-3-4-5-6-7-16(19(25)26)22-18(24)17(21-13(2)23)12-14-8-10-15(20)11-9-14/h8-11,16-17H,3-7,12H2,1-2H3,(H,21,23)(H,22,24)(H,25,26)/t16-,17+/m1/s1. The van der Waals surface area contributed by atoms with Crippen molar-refractivity contribution in [1.82, 2.24) is 10.6 Å². The van der Waals surface area contributed by atoms with Gasteiger partial charge in [0.25, 0.3) is 0 Å². The number of hydrogen-bond acceptors (Lipinski definition) is 3. The Balaban J connectivity index is 2.74. The number of carboxylic acid groups (broad SMARTS) is 1. The highest BCUT2D eigenvalue weighted by atomic mass is 19.1. The van der Waals surface area contributed by atoms with E-state index < -0.39 is 35.7 Å². The molecule has 6 nitrogen and oxygen atoms in total. The van der Waals surface area contributed by atoms with Gasteiger partial charge in [-0.25, -0.2) is 9.18 Å². The lowest BCUT2D eigenvalue weighted by Gasteiger charge is -2.21. The maximum absolute atomic E-state index is 13.0. The van der Waals surface area contributed by atoms with Gasteiger partial charge in [-0.15, -0.1) is 0 Å². The molecule has 0 aliphatic heterocycles. The van der Waals surface area contributed by atoms with Crippen LogP contribution in [-0.2, 0) is 20.8 Å². The third kappa shape index (κ3) is 8.09. The third-order valence-electron chi connectivity index (χ3n) is 4.01. The van der Waals surface area contributed by atoms with E-state index >= 15 is 0 Å². The van der Waals surface area contributed by atoms with E-state index in [4.69, 9.17) is 0 Å². The summed E-state index contributed by atoms with van der Waals surface area (Å²) < 4.78 is 13.0. The van der Waals surface area contributed by atoms with Crippen LogP contribution >= 0.6 is 0 Å². The van der Waals surface area contributed by atoms with Gasteiger partial charge in [0.2, 0.25) is 11.8 Å². The average Bonchev–Trinajstić information content (AvgIpc) is 2.58. The molecule has 0 radical (unpaired) electrons.